The summed E-state index contributed by atoms with van der Waals surface area (Å²) in [5.41, 5.74) is 7.16. The van der Waals surface area contributed by atoms with Crippen LogP contribution in [0.2, 0.25) is 0 Å². The summed E-state index contributed by atoms with van der Waals surface area (Å²) >= 11 is 0. The number of carbonyl (C=O) groups is 1. The van der Waals surface area contributed by atoms with E-state index >= 15 is 0 Å². The topological polar surface area (TPSA) is 83.8 Å². The van der Waals surface area contributed by atoms with Gasteiger partial charge in [0.25, 0.3) is 0 Å². The van der Waals surface area contributed by atoms with Gasteiger partial charge in [0.1, 0.15) is 23.7 Å². The van der Waals surface area contributed by atoms with E-state index in [1.54, 1.807) is 13.0 Å². The molecular formula is C21H25N3O4. The van der Waals surface area contributed by atoms with Crippen LogP contribution in [0.3, 0.4) is 0 Å². The van der Waals surface area contributed by atoms with Crippen molar-refractivity contribution in [2.75, 3.05) is 13.1 Å². The van der Waals surface area contributed by atoms with Crippen molar-refractivity contribution in [1.82, 2.24) is 15.8 Å². The van der Waals surface area contributed by atoms with Crippen molar-refractivity contribution >= 4 is 5.91 Å². The predicted molar refractivity (Wildman–Crippen MR) is 104 cm³/mol. The van der Waals surface area contributed by atoms with Crippen molar-refractivity contribution in [3.63, 3.8) is 0 Å². The summed E-state index contributed by atoms with van der Waals surface area (Å²) in [4.78, 5) is 26.2. The zero-order valence-electron chi connectivity index (χ0n) is 15.9. The van der Waals surface area contributed by atoms with Crippen LogP contribution in [-0.4, -0.2) is 36.0 Å². The summed E-state index contributed by atoms with van der Waals surface area (Å²) in [7, 11) is 0. The Balaban J connectivity index is 1.29. The van der Waals surface area contributed by atoms with Crippen LogP contribution in [-0.2, 0) is 4.79 Å². The highest BCUT2D eigenvalue weighted by Crippen LogP contribution is 2.24. The first kappa shape index (κ1) is 18.7. The Morgan fingerprint density at radius 2 is 1.89 bits per heavy atom. The molecule has 2 atom stereocenters. The van der Waals surface area contributed by atoms with Gasteiger partial charge in [-0.3, -0.25) is 4.79 Å². The molecule has 2 aliphatic heterocycles. The molecule has 1 aromatic heterocycles. The summed E-state index contributed by atoms with van der Waals surface area (Å²) in [6.45, 7) is 3.02. The van der Waals surface area contributed by atoms with Crippen LogP contribution in [0.15, 0.2) is 51.7 Å². The van der Waals surface area contributed by atoms with Gasteiger partial charge in [-0.2, -0.15) is 0 Å². The molecule has 1 aromatic carbocycles. The zero-order chi connectivity index (χ0) is 19.5. The summed E-state index contributed by atoms with van der Waals surface area (Å²) in [6, 6.07) is 13.2. The maximum Gasteiger partial charge on any atom is 0.339 e. The van der Waals surface area contributed by atoms with Gasteiger partial charge in [0.05, 0.1) is 6.07 Å². The summed E-state index contributed by atoms with van der Waals surface area (Å²) < 4.78 is 10.9. The SMILES string of the molecule is Cc1cc(OC2CCN(C(=O)C3CC(c4ccccc4)NN3)CC2)cc(=O)o1. The van der Waals surface area contributed by atoms with E-state index in [-0.39, 0.29) is 24.1 Å². The Bertz CT molecular complexity index is 875. The molecule has 0 radical (unpaired) electrons. The van der Waals surface area contributed by atoms with Gasteiger partial charge in [-0.15, -0.1) is 0 Å². The number of rotatable bonds is 4. The molecule has 7 nitrogen and oxygen atoms in total. The fourth-order valence-corrected chi connectivity index (χ4v) is 3.87. The number of carbonyl (C=O) groups excluding carboxylic acids is 1. The number of hydrogen-bond acceptors (Lipinski definition) is 6. The first-order chi connectivity index (χ1) is 13.6. The summed E-state index contributed by atoms with van der Waals surface area (Å²) in [6.07, 6.45) is 2.22. The van der Waals surface area contributed by atoms with Gasteiger partial charge in [-0.05, 0) is 18.9 Å². The minimum Gasteiger partial charge on any atom is -0.490 e. The highest BCUT2D eigenvalue weighted by Gasteiger charge is 2.34. The molecular weight excluding hydrogens is 358 g/mol. The van der Waals surface area contributed by atoms with Crippen LogP contribution in [0.4, 0.5) is 0 Å². The highest BCUT2D eigenvalue weighted by atomic mass is 16.5. The van der Waals surface area contributed by atoms with E-state index in [0.717, 1.165) is 19.3 Å². The number of hydrogen-bond donors (Lipinski definition) is 2. The number of nitrogens with zero attached hydrogens (tertiary/aromatic N) is 1. The highest BCUT2D eigenvalue weighted by molar-refractivity contribution is 5.82. The van der Waals surface area contributed by atoms with Gasteiger partial charge in [-0.1, -0.05) is 30.3 Å². The molecule has 2 fully saturated rings. The molecule has 2 aliphatic rings. The molecule has 0 bridgehead atoms. The van der Waals surface area contributed by atoms with E-state index in [0.29, 0.717) is 24.6 Å². The van der Waals surface area contributed by atoms with Crippen molar-refractivity contribution in [1.29, 1.82) is 0 Å². The number of piperidine rings is 1. The fraction of sp³-hybridized carbons (Fsp3) is 0.429. The molecule has 2 saturated heterocycles. The van der Waals surface area contributed by atoms with Crippen molar-refractivity contribution in [3.05, 3.63) is 64.2 Å². The average molecular weight is 383 g/mol. The van der Waals surface area contributed by atoms with E-state index in [2.05, 4.69) is 23.0 Å². The lowest BCUT2D eigenvalue weighted by Crippen LogP contribution is -2.49. The molecule has 4 rings (SSSR count). The Morgan fingerprint density at radius 3 is 2.61 bits per heavy atom. The Kier molecular flexibility index (Phi) is 5.45. The number of hydrazine groups is 1. The molecule has 0 saturated carbocycles. The Hall–Kier alpha value is -2.64. The number of aryl methyl sites for hydroxylation is 1. The normalized spacial score (nSPS) is 23.0. The maximum atomic E-state index is 12.9. The lowest BCUT2D eigenvalue weighted by Gasteiger charge is -2.33. The van der Waals surface area contributed by atoms with Crippen LogP contribution in [0.25, 0.3) is 0 Å². The monoisotopic (exact) mass is 383 g/mol. The van der Waals surface area contributed by atoms with Crippen LogP contribution >= 0.6 is 0 Å². The molecule has 2 N–H and O–H groups in total. The molecule has 7 heteroatoms. The maximum absolute atomic E-state index is 12.9. The average Bonchev–Trinajstić information content (AvgIpc) is 3.18. The molecule has 1 amide bonds. The Labute approximate surface area is 163 Å². The van der Waals surface area contributed by atoms with Crippen molar-refractivity contribution < 1.29 is 13.9 Å². The van der Waals surface area contributed by atoms with Crippen molar-refractivity contribution in [2.45, 2.75) is 44.4 Å². The molecule has 2 aromatic rings. The zero-order valence-corrected chi connectivity index (χ0v) is 15.9. The van der Waals surface area contributed by atoms with Gasteiger partial charge < -0.3 is 14.1 Å². The third-order valence-corrected chi connectivity index (χ3v) is 5.33. The summed E-state index contributed by atoms with van der Waals surface area (Å²) in [5.74, 6) is 1.19. The fourth-order valence-electron chi connectivity index (χ4n) is 3.87. The van der Waals surface area contributed by atoms with Crippen LogP contribution in [0.1, 0.15) is 36.6 Å². The number of nitrogens with one attached hydrogen (secondary N) is 2. The van der Waals surface area contributed by atoms with Crippen LogP contribution in [0.5, 0.6) is 5.75 Å². The van der Waals surface area contributed by atoms with Gasteiger partial charge in [0.2, 0.25) is 5.91 Å². The second-order valence-corrected chi connectivity index (χ2v) is 7.41. The summed E-state index contributed by atoms with van der Waals surface area (Å²) in [5, 5.41) is 0. The Morgan fingerprint density at radius 1 is 1.14 bits per heavy atom. The van der Waals surface area contributed by atoms with Gasteiger partial charge >= 0.3 is 5.63 Å². The third-order valence-electron chi connectivity index (χ3n) is 5.33. The lowest BCUT2D eigenvalue weighted by molar-refractivity contribution is -0.135. The van der Waals surface area contributed by atoms with Crippen molar-refractivity contribution in [2.24, 2.45) is 0 Å². The number of ether oxygens (including phenoxy) is 1. The van der Waals surface area contributed by atoms with Crippen LogP contribution < -0.4 is 21.2 Å². The van der Waals surface area contributed by atoms with Gasteiger partial charge in [-0.25, -0.2) is 15.6 Å². The van der Waals surface area contributed by atoms with Crippen molar-refractivity contribution in [3.8, 4) is 5.75 Å². The molecule has 3 heterocycles. The number of amides is 1. The number of likely N-dealkylation sites (tertiary alicyclic amines) is 1. The smallest absolute Gasteiger partial charge is 0.339 e. The van der Waals surface area contributed by atoms with Crippen LogP contribution in [0, 0.1) is 6.92 Å². The standard InChI is InChI=1S/C21H25N3O4/c1-14-11-17(12-20(25)27-14)28-16-7-9-24(10-8-16)21(26)19-13-18(22-23-19)15-5-3-2-4-6-15/h2-6,11-12,16,18-19,22-23H,7-10,13H2,1H3. The minimum absolute atomic E-state index is 0.00280. The van der Waals surface area contributed by atoms with Gasteiger partial charge in [0.15, 0.2) is 0 Å². The number of benzene rings is 1. The molecule has 148 valence electrons. The molecule has 28 heavy (non-hydrogen) atoms. The van der Waals surface area contributed by atoms with E-state index in [9.17, 15) is 9.59 Å². The second kappa shape index (κ2) is 8.16. The molecule has 0 spiro atoms. The molecule has 2 unspecified atom stereocenters. The first-order valence-electron chi connectivity index (χ1n) is 9.72. The molecule has 0 aliphatic carbocycles. The largest absolute Gasteiger partial charge is 0.490 e. The van der Waals surface area contributed by atoms with Gasteiger partial charge in [0, 0.05) is 38.0 Å². The minimum atomic E-state index is -0.407. The van der Waals surface area contributed by atoms with E-state index in [4.69, 9.17) is 9.15 Å². The third kappa shape index (κ3) is 4.26. The predicted octanol–water partition coefficient (Wildman–Crippen LogP) is 1.93. The van der Waals surface area contributed by atoms with E-state index in [1.807, 2.05) is 23.1 Å². The lowest BCUT2D eigenvalue weighted by atomic mass is 10.0. The van der Waals surface area contributed by atoms with E-state index < -0.39 is 5.63 Å². The van der Waals surface area contributed by atoms with E-state index in [1.165, 1.54) is 11.6 Å². The quantitative estimate of drug-likeness (QED) is 0.839. The first-order valence-corrected chi connectivity index (χ1v) is 9.72. The second-order valence-electron chi connectivity index (χ2n) is 7.41.